The molecule has 2 rings (SSSR count). The van der Waals surface area contributed by atoms with Gasteiger partial charge in [-0.1, -0.05) is 47.5 Å². The van der Waals surface area contributed by atoms with Gasteiger partial charge in [0.05, 0.1) is 11.4 Å². The van der Waals surface area contributed by atoms with Crippen molar-refractivity contribution < 1.29 is 8.42 Å². The largest absolute Gasteiger partial charge is 0.256 e. The van der Waals surface area contributed by atoms with Gasteiger partial charge in [-0.3, -0.25) is 0 Å². The average Bonchev–Trinajstić information content (AvgIpc) is 2.39. The molecule has 0 aliphatic carbocycles. The molecule has 2 aromatic carbocycles. The summed E-state index contributed by atoms with van der Waals surface area (Å²) in [4.78, 5) is 0.200. The maximum Gasteiger partial charge on any atom is 0.256 e. The molecule has 0 spiro atoms. The van der Waals surface area contributed by atoms with Crippen molar-refractivity contribution in [3.8, 4) is 0 Å². The highest BCUT2D eigenvalue weighted by atomic mass is 35.5. The van der Waals surface area contributed by atoms with Crippen LogP contribution in [0.15, 0.2) is 53.4 Å². The van der Waals surface area contributed by atoms with Crippen LogP contribution in [0.3, 0.4) is 0 Å². The first-order chi connectivity index (χ1) is 9.39. The third-order valence-corrected chi connectivity index (χ3v) is 5.15. The van der Waals surface area contributed by atoms with Crippen LogP contribution in [-0.2, 0) is 16.6 Å². The zero-order valence-electron chi connectivity index (χ0n) is 11.4. The third kappa shape index (κ3) is 3.39. The van der Waals surface area contributed by atoms with Gasteiger partial charge in [0.2, 0.25) is 0 Å². The Hall–Kier alpha value is -1.36. The quantitative estimate of drug-likeness (QED) is 0.808. The van der Waals surface area contributed by atoms with Crippen LogP contribution < -0.4 is 0 Å². The molecule has 0 unspecified atom stereocenters. The van der Waals surface area contributed by atoms with Crippen molar-refractivity contribution >= 4 is 21.8 Å². The lowest BCUT2D eigenvalue weighted by atomic mass is 10.1. The summed E-state index contributed by atoms with van der Waals surface area (Å²) in [6.45, 7) is 4.00. The first kappa shape index (κ1) is 15.0. The van der Waals surface area contributed by atoms with E-state index in [0.717, 1.165) is 20.5 Å². The van der Waals surface area contributed by atoms with Crippen LogP contribution in [-0.4, -0.2) is 12.2 Å². The molecule has 0 aliphatic rings. The fourth-order valence-electron chi connectivity index (χ4n) is 1.86. The third-order valence-electron chi connectivity index (χ3n) is 2.97. The summed E-state index contributed by atoms with van der Waals surface area (Å²) < 4.78 is 25.5. The average molecular weight is 310 g/mol. The van der Waals surface area contributed by atoms with Gasteiger partial charge in [-0.25, -0.2) is 8.42 Å². The van der Waals surface area contributed by atoms with Gasteiger partial charge in [0, 0.05) is 0 Å². The molecule has 0 aliphatic heterocycles. The van der Waals surface area contributed by atoms with Crippen LogP contribution in [0, 0.1) is 13.8 Å². The second-order valence-electron chi connectivity index (χ2n) is 4.75. The van der Waals surface area contributed by atoms with Gasteiger partial charge < -0.3 is 0 Å². The molecule has 3 nitrogen and oxygen atoms in total. The van der Waals surface area contributed by atoms with Gasteiger partial charge in [-0.05, 0) is 43.3 Å². The van der Waals surface area contributed by atoms with Crippen molar-refractivity contribution in [1.29, 1.82) is 0 Å². The van der Waals surface area contributed by atoms with Crippen molar-refractivity contribution in [2.24, 2.45) is 0 Å². The highest BCUT2D eigenvalue weighted by Crippen LogP contribution is 2.21. The van der Waals surface area contributed by atoms with E-state index in [9.17, 15) is 8.42 Å². The zero-order valence-corrected chi connectivity index (χ0v) is 12.9. The second-order valence-corrected chi connectivity index (χ2v) is 7.22. The Bertz CT molecular complexity index is 696. The predicted molar refractivity (Wildman–Crippen MR) is 80.9 cm³/mol. The molecule has 5 heteroatoms. The van der Waals surface area contributed by atoms with Gasteiger partial charge in [0.15, 0.2) is 0 Å². The van der Waals surface area contributed by atoms with Gasteiger partial charge in [-0.15, -0.1) is 3.82 Å². The molecule has 20 heavy (non-hydrogen) atoms. The minimum absolute atomic E-state index is 0.138. The number of nitrogens with zero attached hydrogens (tertiary/aromatic N) is 1. The standard InChI is InChI=1S/C15H16ClNO2S/c1-12-6-8-15(9-7-12)20(18,19)17(16)11-14-5-3-4-13(2)10-14/h3-10H,11H2,1-2H3. The van der Waals surface area contributed by atoms with Crippen LogP contribution in [0.1, 0.15) is 16.7 Å². The number of benzene rings is 2. The lowest BCUT2D eigenvalue weighted by molar-refractivity contribution is 0.534. The molecule has 0 fully saturated rings. The monoisotopic (exact) mass is 309 g/mol. The smallest absolute Gasteiger partial charge is 0.206 e. The summed E-state index contributed by atoms with van der Waals surface area (Å²) in [5.41, 5.74) is 2.93. The Balaban J connectivity index is 2.23. The van der Waals surface area contributed by atoms with E-state index in [1.165, 1.54) is 0 Å². The SMILES string of the molecule is Cc1ccc(S(=O)(=O)N(Cl)Cc2cccc(C)c2)cc1. The summed E-state index contributed by atoms with van der Waals surface area (Å²) in [7, 11) is -3.67. The molecule has 0 saturated carbocycles. The number of sulfonamides is 1. The molecular formula is C15H16ClNO2S. The molecule has 0 heterocycles. The van der Waals surface area contributed by atoms with E-state index in [1.807, 2.05) is 38.1 Å². The molecule has 2 aromatic rings. The topological polar surface area (TPSA) is 37.4 Å². The number of aryl methyl sites for hydroxylation is 2. The van der Waals surface area contributed by atoms with Gasteiger partial charge in [0.25, 0.3) is 10.0 Å². The van der Waals surface area contributed by atoms with Gasteiger partial charge >= 0.3 is 0 Å². The highest BCUT2D eigenvalue weighted by Gasteiger charge is 2.22. The minimum Gasteiger partial charge on any atom is -0.206 e. The van der Waals surface area contributed by atoms with Crippen LogP contribution in [0.4, 0.5) is 0 Å². The number of rotatable bonds is 4. The molecule has 0 bridgehead atoms. The Morgan fingerprint density at radius 1 is 1.00 bits per heavy atom. The Morgan fingerprint density at radius 3 is 2.25 bits per heavy atom. The van der Waals surface area contributed by atoms with Crippen molar-refractivity contribution in [2.45, 2.75) is 25.3 Å². The molecule has 0 N–H and O–H groups in total. The van der Waals surface area contributed by atoms with Crippen molar-refractivity contribution in [3.63, 3.8) is 0 Å². The normalized spacial score (nSPS) is 11.8. The number of hydrogen-bond donors (Lipinski definition) is 0. The van der Waals surface area contributed by atoms with Gasteiger partial charge in [-0.2, -0.15) is 0 Å². The van der Waals surface area contributed by atoms with E-state index < -0.39 is 10.0 Å². The van der Waals surface area contributed by atoms with Crippen LogP contribution in [0.25, 0.3) is 0 Å². The van der Waals surface area contributed by atoms with E-state index in [0.29, 0.717) is 0 Å². The molecule has 0 amide bonds. The van der Waals surface area contributed by atoms with E-state index in [2.05, 4.69) is 0 Å². The van der Waals surface area contributed by atoms with E-state index >= 15 is 0 Å². The minimum atomic E-state index is -3.67. The van der Waals surface area contributed by atoms with Crippen LogP contribution >= 0.6 is 11.8 Å². The molecule has 106 valence electrons. The first-order valence-corrected chi connectivity index (χ1v) is 7.98. The van der Waals surface area contributed by atoms with E-state index in [1.54, 1.807) is 24.3 Å². The molecule has 0 radical (unpaired) electrons. The van der Waals surface area contributed by atoms with E-state index in [-0.39, 0.29) is 11.4 Å². The van der Waals surface area contributed by atoms with Crippen molar-refractivity contribution in [2.75, 3.05) is 0 Å². The number of halogens is 1. The maximum absolute atomic E-state index is 12.3. The van der Waals surface area contributed by atoms with Crippen molar-refractivity contribution in [1.82, 2.24) is 3.82 Å². The summed E-state index contributed by atoms with van der Waals surface area (Å²) >= 11 is 5.98. The van der Waals surface area contributed by atoms with Gasteiger partial charge in [0.1, 0.15) is 0 Å². The van der Waals surface area contributed by atoms with E-state index in [4.69, 9.17) is 11.8 Å². The molecule has 0 saturated heterocycles. The first-order valence-electron chi connectivity index (χ1n) is 6.20. The molecule has 0 atom stereocenters. The lowest BCUT2D eigenvalue weighted by Gasteiger charge is -2.15. The lowest BCUT2D eigenvalue weighted by Crippen LogP contribution is -2.21. The Morgan fingerprint density at radius 2 is 1.65 bits per heavy atom. The maximum atomic E-state index is 12.3. The summed E-state index contributed by atoms with van der Waals surface area (Å²) in [6, 6.07) is 14.2. The number of hydrogen-bond acceptors (Lipinski definition) is 2. The molecule has 0 aromatic heterocycles. The van der Waals surface area contributed by atoms with Crippen molar-refractivity contribution in [3.05, 3.63) is 65.2 Å². The fourth-order valence-corrected chi connectivity index (χ4v) is 3.27. The highest BCUT2D eigenvalue weighted by molar-refractivity contribution is 7.90. The second kappa shape index (κ2) is 5.95. The molecular weight excluding hydrogens is 294 g/mol. The Kier molecular flexibility index (Phi) is 4.48. The van der Waals surface area contributed by atoms with Crippen LogP contribution in [0.2, 0.25) is 0 Å². The zero-order chi connectivity index (χ0) is 14.8. The predicted octanol–water partition coefficient (Wildman–Crippen LogP) is 3.65. The Labute approximate surface area is 125 Å². The fraction of sp³-hybridized carbons (Fsp3) is 0.200. The summed E-state index contributed by atoms with van der Waals surface area (Å²) in [5.74, 6) is 0. The summed E-state index contributed by atoms with van der Waals surface area (Å²) in [5, 5.41) is 0. The summed E-state index contributed by atoms with van der Waals surface area (Å²) in [6.07, 6.45) is 0. The van der Waals surface area contributed by atoms with Crippen LogP contribution in [0.5, 0.6) is 0 Å².